The lowest BCUT2D eigenvalue weighted by Gasteiger charge is -2.22. The maximum absolute atomic E-state index is 10.1. The highest BCUT2D eigenvalue weighted by atomic mass is 32.1. The number of allylic oxidation sites excluding steroid dienone is 10. The molecule has 210 valence electrons. The molecule has 9 rings (SSSR count). The molecule has 0 saturated heterocycles. The first kappa shape index (κ1) is 25.6. The number of fused-ring (bicyclic) bond motifs is 9. The molecule has 0 spiro atoms. The monoisotopic (exact) mass is 582 g/mol. The van der Waals surface area contributed by atoms with E-state index in [9.17, 15) is 5.26 Å². The van der Waals surface area contributed by atoms with Gasteiger partial charge < -0.3 is 4.57 Å². The lowest BCUT2D eigenvalue weighted by atomic mass is 9.81. The molecule has 3 heteroatoms. The van der Waals surface area contributed by atoms with Crippen molar-refractivity contribution in [3.8, 4) is 6.07 Å². The Morgan fingerprint density at radius 1 is 0.795 bits per heavy atom. The summed E-state index contributed by atoms with van der Waals surface area (Å²) in [4.78, 5) is 0. The molecule has 2 nitrogen and oxygen atoms in total. The Morgan fingerprint density at radius 2 is 1.50 bits per heavy atom. The van der Waals surface area contributed by atoms with E-state index in [0.29, 0.717) is 6.42 Å². The highest BCUT2D eigenvalue weighted by Crippen LogP contribution is 2.54. The van der Waals surface area contributed by atoms with Crippen molar-refractivity contribution in [3.63, 3.8) is 0 Å². The number of nitrogens with zero attached hydrogens (tertiary/aromatic N) is 2. The van der Waals surface area contributed by atoms with Gasteiger partial charge in [-0.3, -0.25) is 0 Å². The van der Waals surface area contributed by atoms with Crippen molar-refractivity contribution in [2.45, 2.75) is 32.1 Å². The van der Waals surface area contributed by atoms with Gasteiger partial charge in [0.2, 0.25) is 0 Å². The first-order chi connectivity index (χ1) is 21.6. The summed E-state index contributed by atoms with van der Waals surface area (Å²) in [6, 6.07) is 31.3. The second-order valence-electron chi connectivity index (χ2n) is 12.7. The van der Waals surface area contributed by atoms with Gasteiger partial charge in [-0.2, -0.15) is 5.26 Å². The van der Waals surface area contributed by atoms with E-state index in [4.69, 9.17) is 0 Å². The van der Waals surface area contributed by atoms with Crippen LogP contribution in [0.2, 0.25) is 0 Å². The fraction of sp³-hybridized carbons (Fsp3) is 0.146. The molecule has 3 aliphatic rings. The predicted octanol–water partition coefficient (Wildman–Crippen LogP) is 11.2. The van der Waals surface area contributed by atoms with Crippen LogP contribution >= 0.6 is 11.3 Å². The minimum atomic E-state index is -0.166. The van der Waals surface area contributed by atoms with Crippen LogP contribution in [0, 0.1) is 17.2 Å². The Hall–Kier alpha value is -4.91. The summed E-state index contributed by atoms with van der Waals surface area (Å²) < 4.78 is 5.06. The van der Waals surface area contributed by atoms with Crippen molar-refractivity contribution in [1.29, 1.82) is 5.26 Å². The third-order valence-electron chi connectivity index (χ3n) is 9.90. The van der Waals surface area contributed by atoms with Crippen LogP contribution < -0.4 is 0 Å². The number of hydrogen-bond donors (Lipinski definition) is 0. The van der Waals surface area contributed by atoms with Crippen LogP contribution in [0.4, 0.5) is 0 Å². The van der Waals surface area contributed by atoms with Gasteiger partial charge in [-0.15, -0.1) is 11.3 Å². The normalized spacial score (nSPS) is 18.9. The van der Waals surface area contributed by atoms with Crippen LogP contribution in [-0.2, 0) is 5.41 Å². The molecule has 2 aromatic heterocycles. The Bertz CT molecular complexity index is 2370. The van der Waals surface area contributed by atoms with Crippen molar-refractivity contribution < 1.29 is 0 Å². The topological polar surface area (TPSA) is 28.7 Å². The molecular formula is C41H30N2S. The van der Waals surface area contributed by atoms with Crippen molar-refractivity contribution >= 4 is 70.2 Å². The molecule has 4 aromatic carbocycles. The number of para-hydroxylation sites is 2. The quantitative estimate of drug-likeness (QED) is 0.200. The van der Waals surface area contributed by atoms with Gasteiger partial charge in [-0.25, -0.2) is 0 Å². The standard InChI is InChI=1S/C41H30N2S/c1-41(2)33-16-5-3-4-13-32(33)38-34(41)22-21-31-30-15-10-14-29(39(30)44-40(31)38)28-20-19-25(24-42)23-37(28)43-35-17-8-6-11-26(35)27-12-7-9-18-36(27)43/h4-18,20-23,25H,3,19H2,1-2H3. The van der Waals surface area contributed by atoms with E-state index < -0.39 is 0 Å². The molecule has 0 bridgehead atoms. The molecule has 0 aliphatic heterocycles. The van der Waals surface area contributed by atoms with Crippen molar-refractivity contribution in [2.24, 2.45) is 5.92 Å². The van der Waals surface area contributed by atoms with Gasteiger partial charge >= 0.3 is 0 Å². The largest absolute Gasteiger partial charge is 0.309 e. The third-order valence-corrected chi connectivity index (χ3v) is 11.2. The Morgan fingerprint density at radius 3 is 2.27 bits per heavy atom. The summed E-state index contributed by atoms with van der Waals surface area (Å²) in [5.74, 6) is -0.166. The number of rotatable bonds is 2. The Balaban J connectivity index is 1.32. The number of thiophene rings is 1. The van der Waals surface area contributed by atoms with Crippen LogP contribution in [0.3, 0.4) is 0 Å². The fourth-order valence-corrected chi connectivity index (χ4v) is 9.20. The van der Waals surface area contributed by atoms with Crippen LogP contribution in [-0.4, -0.2) is 4.57 Å². The maximum atomic E-state index is 10.1. The van der Waals surface area contributed by atoms with Gasteiger partial charge in [-0.05, 0) is 47.8 Å². The summed E-state index contributed by atoms with van der Waals surface area (Å²) in [6.07, 6.45) is 15.5. The van der Waals surface area contributed by atoms with E-state index in [1.54, 1.807) is 0 Å². The highest BCUT2D eigenvalue weighted by molar-refractivity contribution is 7.26. The first-order valence-electron chi connectivity index (χ1n) is 15.4. The van der Waals surface area contributed by atoms with E-state index in [1.165, 1.54) is 75.4 Å². The molecular weight excluding hydrogens is 553 g/mol. The SMILES string of the molecule is CC1(C)C2=C(C=CCC=C2)c2c1ccc1c2sc2c(C3=CCC(C#N)C=C3n3c4ccccc4c4ccccc43)cccc21. The number of aromatic nitrogens is 1. The van der Waals surface area contributed by atoms with E-state index in [2.05, 4.69) is 140 Å². The zero-order valence-corrected chi connectivity index (χ0v) is 25.6. The lowest BCUT2D eigenvalue weighted by Crippen LogP contribution is -2.15. The zero-order chi connectivity index (χ0) is 29.6. The molecule has 3 aliphatic carbocycles. The maximum Gasteiger partial charge on any atom is 0.0701 e. The smallest absolute Gasteiger partial charge is 0.0701 e. The zero-order valence-electron chi connectivity index (χ0n) is 24.8. The van der Waals surface area contributed by atoms with E-state index in [0.717, 1.165) is 12.1 Å². The minimum Gasteiger partial charge on any atom is -0.309 e. The fourth-order valence-electron chi connectivity index (χ4n) is 7.81. The van der Waals surface area contributed by atoms with Crippen LogP contribution in [0.1, 0.15) is 43.4 Å². The first-order valence-corrected chi connectivity index (χ1v) is 16.3. The van der Waals surface area contributed by atoms with Gasteiger partial charge in [0.05, 0.1) is 28.7 Å². The molecule has 0 fully saturated rings. The van der Waals surface area contributed by atoms with Crippen LogP contribution in [0.5, 0.6) is 0 Å². The molecule has 1 unspecified atom stereocenters. The summed E-state index contributed by atoms with van der Waals surface area (Å²) in [7, 11) is 0. The summed E-state index contributed by atoms with van der Waals surface area (Å²) in [6.45, 7) is 4.73. The third kappa shape index (κ3) is 3.41. The van der Waals surface area contributed by atoms with Crippen molar-refractivity contribution in [3.05, 3.63) is 138 Å². The predicted molar refractivity (Wildman–Crippen MR) is 188 cm³/mol. The van der Waals surface area contributed by atoms with E-state index in [1.807, 2.05) is 11.3 Å². The molecule has 44 heavy (non-hydrogen) atoms. The number of nitriles is 1. The lowest BCUT2D eigenvalue weighted by molar-refractivity contribution is 0.655. The second kappa shape index (κ2) is 9.29. The molecule has 1 atom stereocenters. The van der Waals surface area contributed by atoms with Crippen LogP contribution in [0.25, 0.3) is 58.8 Å². The Labute approximate surface area is 260 Å². The highest BCUT2D eigenvalue weighted by Gasteiger charge is 2.37. The summed E-state index contributed by atoms with van der Waals surface area (Å²) in [5.41, 5.74) is 11.4. The Kier molecular flexibility index (Phi) is 5.40. The molecule has 0 N–H and O–H groups in total. The molecule has 0 amide bonds. The molecule has 0 saturated carbocycles. The van der Waals surface area contributed by atoms with Crippen LogP contribution in [0.15, 0.2) is 121 Å². The molecule has 0 radical (unpaired) electrons. The summed E-state index contributed by atoms with van der Waals surface area (Å²) in [5, 5.41) is 15.1. The minimum absolute atomic E-state index is 0.0340. The van der Waals surface area contributed by atoms with Crippen molar-refractivity contribution in [2.75, 3.05) is 0 Å². The molecule has 6 aromatic rings. The van der Waals surface area contributed by atoms with Gasteiger partial charge in [0.1, 0.15) is 0 Å². The average Bonchev–Trinajstić information content (AvgIpc) is 3.57. The molecule has 2 heterocycles. The van der Waals surface area contributed by atoms with Crippen molar-refractivity contribution in [1.82, 2.24) is 4.57 Å². The summed E-state index contributed by atoms with van der Waals surface area (Å²) >= 11 is 1.93. The van der Waals surface area contributed by atoms with Gasteiger partial charge in [0.15, 0.2) is 0 Å². The van der Waals surface area contributed by atoms with Gasteiger partial charge in [0, 0.05) is 53.1 Å². The van der Waals surface area contributed by atoms with Gasteiger partial charge in [0.25, 0.3) is 0 Å². The van der Waals surface area contributed by atoms with E-state index >= 15 is 0 Å². The second-order valence-corrected chi connectivity index (χ2v) is 13.7. The average molecular weight is 583 g/mol. The number of benzene rings is 4. The van der Waals surface area contributed by atoms with E-state index in [-0.39, 0.29) is 11.3 Å². The number of hydrogen-bond acceptors (Lipinski definition) is 2. The van der Waals surface area contributed by atoms with Gasteiger partial charge in [-0.1, -0.05) is 111 Å².